The van der Waals surface area contributed by atoms with Crippen LogP contribution in [0.3, 0.4) is 0 Å². The zero-order valence-electron chi connectivity index (χ0n) is 10.6. The van der Waals surface area contributed by atoms with Crippen molar-refractivity contribution in [2.24, 2.45) is 5.73 Å². The lowest BCUT2D eigenvalue weighted by Crippen LogP contribution is -2.16. The predicted molar refractivity (Wildman–Crippen MR) is 77.9 cm³/mol. The summed E-state index contributed by atoms with van der Waals surface area (Å²) in [5.41, 5.74) is 13.7. The molecule has 20 heavy (non-hydrogen) atoms. The highest BCUT2D eigenvalue weighted by atomic mass is 16.1. The summed E-state index contributed by atoms with van der Waals surface area (Å²) < 4.78 is 0. The average molecular weight is 264 g/mol. The number of para-hydroxylation sites is 1. The molecule has 2 heterocycles. The molecule has 0 unspecified atom stereocenters. The monoisotopic (exact) mass is 264 g/mol. The molecule has 1 amide bonds. The minimum atomic E-state index is -0.598. The number of nitrogens with zero attached hydrogens (tertiary/aromatic N) is 2. The van der Waals surface area contributed by atoms with Crippen molar-refractivity contribution in [1.29, 1.82) is 0 Å². The van der Waals surface area contributed by atoms with Crippen LogP contribution < -0.4 is 11.5 Å². The normalized spacial score (nSPS) is 10.6. The molecule has 3 rings (SSSR count). The molecule has 0 radical (unpaired) electrons. The number of rotatable bonds is 2. The van der Waals surface area contributed by atoms with Crippen LogP contribution in [0.1, 0.15) is 10.4 Å². The summed E-state index contributed by atoms with van der Waals surface area (Å²) in [6, 6.07) is 11.4. The minimum absolute atomic E-state index is 0.128. The van der Waals surface area contributed by atoms with E-state index in [-0.39, 0.29) is 11.4 Å². The van der Waals surface area contributed by atoms with Gasteiger partial charge in [0.15, 0.2) is 0 Å². The van der Waals surface area contributed by atoms with Gasteiger partial charge in [-0.15, -0.1) is 0 Å². The van der Waals surface area contributed by atoms with Gasteiger partial charge in [-0.3, -0.25) is 9.78 Å². The van der Waals surface area contributed by atoms with Crippen LogP contribution in [-0.2, 0) is 0 Å². The summed E-state index contributed by atoms with van der Waals surface area (Å²) in [6.45, 7) is 0. The Morgan fingerprint density at radius 3 is 2.70 bits per heavy atom. The van der Waals surface area contributed by atoms with E-state index in [0.29, 0.717) is 5.56 Å². The van der Waals surface area contributed by atoms with E-state index in [1.807, 2.05) is 30.3 Å². The highest BCUT2D eigenvalue weighted by Crippen LogP contribution is 2.27. The zero-order chi connectivity index (χ0) is 14.1. The number of nitrogens with two attached hydrogens (primary N) is 2. The standard InChI is InChI=1S/C15H12N4O/c16-14-13(15(17)20)11(5-6-18-14)10-7-9-3-1-2-4-12(9)19-8-10/h1-8H,(H2,16,18)(H2,17,20). The fourth-order valence-corrected chi connectivity index (χ4v) is 2.20. The number of pyridine rings is 2. The Bertz CT molecular complexity index is 814. The molecule has 0 aliphatic heterocycles. The summed E-state index contributed by atoms with van der Waals surface area (Å²) in [7, 11) is 0. The van der Waals surface area contributed by atoms with Crippen molar-refractivity contribution in [2.75, 3.05) is 5.73 Å². The number of anilines is 1. The Morgan fingerprint density at radius 1 is 1.10 bits per heavy atom. The van der Waals surface area contributed by atoms with Crippen LogP contribution in [0.5, 0.6) is 0 Å². The summed E-state index contributed by atoms with van der Waals surface area (Å²) in [5.74, 6) is -0.470. The van der Waals surface area contributed by atoms with Gasteiger partial charge in [-0.1, -0.05) is 18.2 Å². The van der Waals surface area contributed by atoms with Crippen molar-refractivity contribution in [3.8, 4) is 11.1 Å². The second-order valence-corrected chi connectivity index (χ2v) is 4.40. The van der Waals surface area contributed by atoms with Gasteiger partial charge in [0.25, 0.3) is 5.91 Å². The fraction of sp³-hybridized carbons (Fsp3) is 0. The number of benzene rings is 1. The molecule has 2 aromatic heterocycles. The van der Waals surface area contributed by atoms with Gasteiger partial charge in [0.05, 0.1) is 11.1 Å². The molecule has 5 nitrogen and oxygen atoms in total. The van der Waals surface area contributed by atoms with Gasteiger partial charge < -0.3 is 11.5 Å². The van der Waals surface area contributed by atoms with Crippen molar-refractivity contribution < 1.29 is 4.79 Å². The quantitative estimate of drug-likeness (QED) is 0.739. The third kappa shape index (κ3) is 1.95. The van der Waals surface area contributed by atoms with Crippen molar-refractivity contribution in [3.05, 3.63) is 54.4 Å². The smallest absolute Gasteiger partial charge is 0.253 e. The number of aromatic nitrogens is 2. The highest BCUT2D eigenvalue weighted by Gasteiger charge is 2.15. The number of hydrogen-bond acceptors (Lipinski definition) is 4. The first kappa shape index (κ1) is 12.1. The van der Waals surface area contributed by atoms with Crippen LogP contribution in [0, 0.1) is 0 Å². The van der Waals surface area contributed by atoms with Gasteiger partial charge in [-0.2, -0.15) is 0 Å². The van der Waals surface area contributed by atoms with E-state index in [4.69, 9.17) is 11.5 Å². The van der Waals surface area contributed by atoms with Gasteiger partial charge in [-0.05, 0) is 18.2 Å². The minimum Gasteiger partial charge on any atom is -0.383 e. The second-order valence-electron chi connectivity index (χ2n) is 4.40. The third-order valence-electron chi connectivity index (χ3n) is 3.13. The van der Waals surface area contributed by atoms with E-state index in [1.54, 1.807) is 18.5 Å². The fourth-order valence-electron chi connectivity index (χ4n) is 2.20. The van der Waals surface area contributed by atoms with Crippen LogP contribution in [0.15, 0.2) is 48.8 Å². The number of amides is 1. The van der Waals surface area contributed by atoms with Crippen LogP contribution in [-0.4, -0.2) is 15.9 Å². The van der Waals surface area contributed by atoms with Crippen LogP contribution >= 0.6 is 0 Å². The maximum absolute atomic E-state index is 11.6. The second kappa shape index (κ2) is 4.62. The summed E-state index contributed by atoms with van der Waals surface area (Å²) in [5, 5.41) is 0.982. The largest absolute Gasteiger partial charge is 0.383 e. The number of carbonyl (C=O) groups is 1. The Labute approximate surface area is 115 Å². The molecular formula is C15H12N4O. The molecule has 1 aromatic carbocycles. The average Bonchev–Trinajstić information content (AvgIpc) is 2.46. The van der Waals surface area contributed by atoms with E-state index >= 15 is 0 Å². The molecule has 0 aliphatic rings. The molecule has 0 fully saturated rings. The van der Waals surface area contributed by atoms with Gasteiger partial charge >= 0.3 is 0 Å². The molecule has 0 saturated carbocycles. The van der Waals surface area contributed by atoms with Crippen LogP contribution in [0.2, 0.25) is 0 Å². The van der Waals surface area contributed by atoms with E-state index in [0.717, 1.165) is 16.5 Å². The Morgan fingerprint density at radius 2 is 1.90 bits per heavy atom. The number of nitrogen functional groups attached to an aromatic ring is 1. The van der Waals surface area contributed by atoms with Crippen LogP contribution in [0.25, 0.3) is 22.0 Å². The van der Waals surface area contributed by atoms with Crippen molar-refractivity contribution in [3.63, 3.8) is 0 Å². The number of fused-ring (bicyclic) bond motifs is 1. The highest BCUT2D eigenvalue weighted by molar-refractivity contribution is 6.04. The molecule has 98 valence electrons. The Balaban J connectivity index is 2.25. The number of carbonyl (C=O) groups excluding carboxylic acids is 1. The molecule has 0 atom stereocenters. The topological polar surface area (TPSA) is 94.9 Å². The molecule has 0 bridgehead atoms. The molecule has 4 N–H and O–H groups in total. The number of hydrogen-bond donors (Lipinski definition) is 2. The first-order chi connectivity index (χ1) is 9.66. The van der Waals surface area contributed by atoms with Crippen molar-refractivity contribution in [1.82, 2.24) is 9.97 Å². The molecule has 0 spiro atoms. The summed E-state index contributed by atoms with van der Waals surface area (Å²) >= 11 is 0. The summed E-state index contributed by atoms with van der Waals surface area (Å²) in [6.07, 6.45) is 3.25. The molecular weight excluding hydrogens is 252 g/mol. The van der Waals surface area contributed by atoms with E-state index in [2.05, 4.69) is 9.97 Å². The molecule has 0 aliphatic carbocycles. The lowest BCUT2D eigenvalue weighted by molar-refractivity contribution is 0.100. The van der Waals surface area contributed by atoms with Crippen LogP contribution in [0.4, 0.5) is 5.82 Å². The first-order valence-corrected chi connectivity index (χ1v) is 6.06. The zero-order valence-corrected chi connectivity index (χ0v) is 10.6. The molecule has 3 aromatic rings. The predicted octanol–water partition coefficient (Wildman–Crippen LogP) is 1.98. The Hall–Kier alpha value is -2.95. The molecule has 0 saturated heterocycles. The van der Waals surface area contributed by atoms with Crippen molar-refractivity contribution >= 4 is 22.6 Å². The lowest BCUT2D eigenvalue weighted by atomic mass is 10.0. The Kier molecular flexibility index (Phi) is 2.80. The van der Waals surface area contributed by atoms with Gasteiger partial charge in [0.1, 0.15) is 5.82 Å². The third-order valence-corrected chi connectivity index (χ3v) is 3.13. The SMILES string of the molecule is NC(=O)c1c(-c2cnc3ccccc3c2)ccnc1N. The first-order valence-electron chi connectivity index (χ1n) is 6.06. The maximum Gasteiger partial charge on any atom is 0.253 e. The summed E-state index contributed by atoms with van der Waals surface area (Å²) in [4.78, 5) is 19.8. The van der Waals surface area contributed by atoms with E-state index in [1.165, 1.54) is 0 Å². The molecule has 5 heteroatoms. The lowest BCUT2D eigenvalue weighted by Gasteiger charge is -2.09. The van der Waals surface area contributed by atoms with E-state index < -0.39 is 5.91 Å². The van der Waals surface area contributed by atoms with Gasteiger partial charge in [0, 0.05) is 28.9 Å². The maximum atomic E-state index is 11.6. The van der Waals surface area contributed by atoms with E-state index in [9.17, 15) is 4.79 Å². The van der Waals surface area contributed by atoms with Gasteiger partial charge in [0.2, 0.25) is 0 Å². The van der Waals surface area contributed by atoms with Gasteiger partial charge in [-0.25, -0.2) is 4.98 Å². The number of primary amides is 1. The van der Waals surface area contributed by atoms with Crippen molar-refractivity contribution in [2.45, 2.75) is 0 Å².